The monoisotopic (exact) mass is 441 g/mol. The number of benzene rings is 1. The molecule has 1 N–H and O–H groups in total. The Bertz CT molecular complexity index is 913. The minimum atomic E-state index is -3.78. The summed E-state index contributed by atoms with van der Waals surface area (Å²) in [6.45, 7) is 3.42. The van der Waals surface area contributed by atoms with E-state index in [2.05, 4.69) is 16.6 Å². The van der Waals surface area contributed by atoms with E-state index in [1.165, 1.54) is 28.4 Å². The van der Waals surface area contributed by atoms with Gasteiger partial charge in [0.05, 0.1) is 39.7 Å². The molecule has 0 saturated carbocycles. The van der Waals surface area contributed by atoms with Crippen LogP contribution in [0.15, 0.2) is 30.2 Å². The SMILES string of the molecule is C=CS(=O)(=O)[C@H]1C[C@@](CCC(=O)OC)(C(=O)OC)N[C@H]1c1ccc(OC)c(OC)c1. The van der Waals surface area contributed by atoms with Crippen LogP contribution in [0.5, 0.6) is 11.5 Å². The first-order valence-electron chi connectivity index (χ1n) is 9.19. The number of esters is 2. The van der Waals surface area contributed by atoms with Crippen LogP contribution in [0.1, 0.15) is 30.9 Å². The van der Waals surface area contributed by atoms with Crippen LogP contribution in [0.3, 0.4) is 0 Å². The molecule has 0 amide bonds. The second-order valence-electron chi connectivity index (χ2n) is 6.88. The van der Waals surface area contributed by atoms with E-state index >= 15 is 0 Å². The van der Waals surface area contributed by atoms with Gasteiger partial charge in [0.2, 0.25) is 0 Å². The lowest BCUT2D eigenvalue weighted by atomic mass is 9.91. The van der Waals surface area contributed by atoms with Gasteiger partial charge in [0.15, 0.2) is 21.3 Å². The first kappa shape index (κ1) is 23.7. The number of carbonyl (C=O) groups excluding carboxylic acids is 2. The molecule has 166 valence electrons. The maximum atomic E-state index is 12.8. The average Bonchev–Trinajstić information content (AvgIpc) is 3.18. The fraction of sp³-hybridized carbons (Fsp3) is 0.500. The van der Waals surface area contributed by atoms with Crippen molar-refractivity contribution in [3.8, 4) is 11.5 Å². The lowest BCUT2D eigenvalue weighted by Gasteiger charge is -2.27. The summed E-state index contributed by atoms with van der Waals surface area (Å²) in [6, 6.07) is 4.22. The van der Waals surface area contributed by atoms with Crippen molar-refractivity contribution in [1.29, 1.82) is 0 Å². The molecule has 1 aliphatic heterocycles. The fourth-order valence-electron chi connectivity index (χ4n) is 3.72. The zero-order valence-electron chi connectivity index (χ0n) is 17.5. The molecule has 30 heavy (non-hydrogen) atoms. The maximum Gasteiger partial charge on any atom is 0.326 e. The van der Waals surface area contributed by atoms with Crippen molar-refractivity contribution in [1.82, 2.24) is 5.32 Å². The van der Waals surface area contributed by atoms with Gasteiger partial charge in [-0.15, -0.1) is 0 Å². The van der Waals surface area contributed by atoms with E-state index in [1.807, 2.05) is 0 Å². The second kappa shape index (κ2) is 9.48. The highest BCUT2D eigenvalue weighted by Gasteiger charge is 2.54. The lowest BCUT2D eigenvalue weighted by molar-refractivity contribution is -0.149. The molecule has 1 aromatic carbocycles. The molecule has 1 saturated heterocycles. The largest absolute Gasteiger partial charge is 0.493 e. The number of carbonyl (C=O) groups is 2. The van der Waals surface area contributed by atoms with Crippen LogP contribution >= 0.6 is 0 Å². The van der Waals surface area contributed by atoms with Gasteiger partial charge in [-0.25, -0.2) is 8.42 Å². The third kappa shape index (κ3) is 4.59. The van der Waals surface area contributed by atoms with Crippen LogP contribution in [0.2, 0.25) is 0 Å². The molecule has 1 aliphatic rings. The quantitative estimate of drug-likeness (QED) is 0.569. The van der Waals surface area contributed by atoms with Crippen LogP contribution in [0.4, 0.5) is 0 Å². The van der Waals surface area contributed by atoms with E-state index < -0.39 is 38.6 Å². The number of ether oxygens (including phenoxy) is 4. The van der Waals surface area contributed by atoms with Crippen LogP contribution < -0.4 is 14.8 Å². The fourth-order valence-corrected chi connectivity index (χ4v) is 5.08. The first-order chi connectivity index (χ1) is 14.2. The molecule has 0 aliphatic carbocycles. The summed E-state index contributed by atoms with van der Waals surface area (Å²) in [7, 11) is 1.63. The molecule has 0 spiro atoms. The predicted octanol–water partition coefficient (Wildman–Crippen LogP) is 1.53. The Morgan fingerprint density at radius 1 is 1.17 bits per heavy atom. The maximum absolute atomic E-state index is 12.8. The van der Waals surface area contributed by atoms with E-state index in [4.69, 9.17) is 14.2 Å². The van der Waals surface area contributed by atoms with E-state index in [0.717, 1.165) is 5.41 Å². The van der Waals surface area contributed by atoms with Crippen molar-refractivity contribution in [2.45, 2.75) is 36.1 Å². The molecule has 3 atom stereocenters. The third-order valence-electron chi connectivity index (χ3n) is 5.33. The third-order valence-corrected chi connectivity index (χ3v) is 7.08. The van der Waals surface area contributed by atoms with E-state index in [0.29, 0.717) is 17.1 Å². The highest BCUT2D eigenvalue weighted by molar-refractivity contribution is 7.94. The smallest absolute Gasteiger partial charge is 0.326 e. The Morgan fingerprint density at radius 2 is 1.83 bits per heavy atom. The van der Waals surface area contributed by atoms with Gasteiger partial charge in [-0.2, -0.15) is 0 Å². The Hall–Kier alpha value is -2.59. The van der Waals surface area contributed by atoms with Gasteiger partial charge in [0.25, 0.3) is 0 Å². The number of rotatable bonds is 9. The Morgan fingerprint density at radius 3 is 2.37 bits per heavy atom. The van der Waals surface area contributed by atoms with Gasteiger partial charge < -0.3 is 18.9 Å². The second-order valence-corrected chi connectivity index (χ2v) is 9.00. The first-order valence-corrected chi connectivity index (χ1v) is 10.8. The molecular formula is C20H27NO8S. The van der Waals surface area contributed by atoms with Crippen molar-refractivity contribution in [2.24, 2.45) is 0 Å². The van der Waals surface area contributed by atoms with Crippen molar-refractivity contribution >= 4 is 21.8 Å². The molecular weight excluding hydrogens is 414 g/mol. The van der Waals surface area contributed by atoms with E-state index in [1.54, 1.807) is 18.2 Å². The molecule has 0 aromatic heterocycles. The van der Waals surface area contributed by atoms with E-state index in [-0.39, 0.29) is 19.3 Å². The van der Waals surface area contributed by atoms with Crippen LogP contribution in [-0.2, 0) is 28.9 Å². The Labute approximate surface area is 176 Å². The zero-order valence-corrected chi connectivity index (χ0v) is 18.3. The van der Waals surface area contributed by atoms with Gasteiger partial charge in [-0.05, 0) is 30.5 Å². The summed E-state index contributed by atoms with van der Waals surface area (Å²) in [4.78, 5) is 24.4. The number of sulfone groups is 1. The van der Waals surface area contributed by atoms with Crippen molar-refractivity contribution in [3.63, 3.8) is 0 Å². The zero-order chi connectivity index (χ0) is 22.5. The molecule has 0 bridgehead atoms. The number of nitrogens with one attached hydrogen (secondary N) is 1. The van der Waals surface area contributed by atoms with Crippen molar-refractivity contribution in [3.05, 3.63) is 35.7 Å². The van der Waals surface area contributed by atoms with Gasteiger partial charge >= 0.3 is 11.9 Å². The number of hydrogen-bond donors (Lipinski definition) is 1. The molecule has 0 unspecified atom stereocenters. The molecule has 0 radical (unpaired) electrons. The number of hydrogen-bond acceptors (Lipinski definition) is 9. The predicted molar refractivity (Wildman–Crippen MR) is 109 cm³/mol. The standard InChI is InChI=1S/C20H27NO8S/c1-6-30(24,25)16-12-20(19(23)29-5,10-9-17(22)28-4)21-18(16)13-7-8-14(26-2)15(11-13)27-3/h6-8,11,16,18,21H,1,9-10,12H2,2-5H3/t16-,18-,20-/m0/s1. The summed E-state index contributed by atoms with van der Waals surface area (Å²) in [6.07, 6.45) is -0.165. The highest BCUT2D eigenvalue weighted by atomic mass is 32.2. The van der Waals surface area contributed by atoms with Crippen LogP contribution in [-0.4, -0.2) is 59.6 Å². The normalized spacial score (nSPS) is 23.5. The summed E-state index contributed by atoms with van der Waals surface area (Å²) in [5, 5.41) is 2.99. The number of methoxy groups -OCH3 is 4. The van der Waals surface area contributed by atoms with Crippen LogP contribution in [0, 0.1) is 0 Å². The molecule has 1 fully saturated rings. The minimum absolute atomic E-state index is 0.0132. The molecule has 1 heterocycles. The minimum Gasteiger partial charge on any atom is -0.493 e. The summed E-state index contributed by atoms with van der Waals surface area (Å²) in [5.74, 6) is -0.277. The van der Waals surface area contributed by atoms with Gasteiger partial charge in [-0.3, -0.25) is 14.9 Å². The summed E-state index contributed by atoms with van der Waals surface area (Å²) < 4.78 is 45.8. The summed E-state index contributed by atoms with van der Waals surface area (Å²) >= 11 is 0. The lowest BCUT2D eigenvalue weighted by Crippen LogP contribution is -2.49. The Kier molecular flexibility index (Phi) is 7.49. The highest BCUT2D eigenvalue weighted by Crippen LogP contribution is 2.42. The topological polar surface area (TPSA) is 117 Å². The molecule has 9 nitrogen and oxygen atoms in total. The van der Waals surface area contributed by atoms with Crippen molar-refractivity contribution < 1.29 is 37.0 Å². The average molecular weight is 442 g/mol. The molecule has 2 rings (SSSR count). The van der Waals surface area contributed by atoms with Gasteiger partial charge in [0, 0.05) is 11.8 Å². The summed E-state index contributed by atoms with van der Waals surface area (Å²) in [5.41, 5.74) is -0.812. The Balaban J connectivity index is 2.55. The molecule has 10 heteroatoms. The van der Waals surface area contributed by atoms with E-state index in [9.17, 15) is 18.0 Å². The van der Waals surface area contributed by atoms with Crippen LogP contribution in [0.25, 0.3) is 0 Å². The van der Waals surface area contributed by atoms with Crippen molar-refractivity contribution in [2.75, 3.05) is 28.4 Å². The molecule has 1 aromatic rings. The van der Waals surface area contributed by atoms with Gasteiger partial charge in [0.1, 0.15) is 5.54 Å². The van der Waals surface area contributed by atoms with Gasteiger partial charge in [-0.1, -0.05) is 12.6 Å².